The van der Waals surface area contributed by atoms with Crippen LogP contribution < -0.4 is 4.90 Å². The molecule has 0 bridgehead atoms. The number of hydrogen-bond donors (Lipinski definition) is 1. The van der Waals surface area contributed by atoms with Crippen LogP contribution in [0.1, 0.15) is 35.1 Å². The van der Waals surface area contributed by atoms with Gasteiger partial charge in [0.15, 0.2) is 11.5 Å². The molecule has 0 spiro atoms. The minimum atomic E-state index is -1.11. The average molecular weight is 242 g/mol. The van der Waals surface area contributed by atoms with Crippen molar-refractivity contribution >= 4 is 23.4 Å². The molecule has 86 valence electrons. The summed E-state index contributed by atoms with van der Waals surface area (Å²) in [5.41, 5.74) is -0.109. The zero-order chi connectivity index (χ0) is 11.9. The van der Waals surface area contributed by atoms with E-state index in [-0.39, 0.29) is 10.7 Å². The highest BCUT2D eigenvalue weighted by Gasteiger charge is 2.30. The average Bonchev–Trinajstić information content (AvgIpc) is 3.00. The zero-order valence-corrected chi connectivity index (χ0v) is 9.82. The lowest BCUT2D eigenvalue weighted by Gasteiger charge is -2.15. The second kappa shape index (κ2) is 3.90. The summed E-state index contributed by atoms with van der Waals surface area (Å²) < 4.78 is 0. The van der Waals surface area contributed by atoms with Crippen LogP contribution in [0.4, 0.5) is 5.82 Å². The predicted molar refractivity (Wildman–Crippen MR) is 60.3 cm³/mol. The Morgan fingerprint density at radius 3 is 2.50 bits per heavy atom. The lowest BCUT2D eigenvalue weighted by molar-refractivity contribution is 0.0690. The fourth-order valence-electron chi connectivity index (χ4n) is 1.41. The minimum absolute atomic E-state index is 0.0990. The Kier molecular flexibility index (Phi) is 2.71. The van der Waals surface area contributed by atoms with E-state index in [1.54, 1.807) is 19.0 Å². The SMILES string of the molecule is CN(C)c1nc(C2CC2)nc(C(=O)O)c1Cl. The Bertz CT molecular complexity index is 444. The highest BCUT2D eigenvalue weighted by Crippen LogP contribution is 2.39. The molecule has 1 aliphatic carbocycles. The van der Waals surface area contributed by atoms with Gasteiger partial charge in [-0.05, 0) is 12.8 Å². The molecule has 0 aliphatic heterocycles. The highest BCUT2D eigenvalue weighted by atomic mass is 35.5. The lowest BCUT2D eigenvalue weighted by Crippen LogP contribution is -2.16. The van der Waals surface area contributed by atoms with Crippen molar-refractivity contribution in [1.82, 2.24) is 9.97 Å². The Balaban J connectivity index is 2.55. The van der Waals surface area contributed by atoms with Crippen LogP contribution in [0.5, 0.6) is 0 Å². The molecule has 1 aromatic rings. The largest absolute Gasteiger partial charge is 0.476 e. The Morgan fingerprint density at radius 1 is 1.44 bits per heavy atom. The van der Waals surface area contributed by atoms with Gasteiger partial charge in [0.1, 0.15) is 10.8 Å². The smallest absolute Gasteiger partial charge is 0.356 e. The maximum Gasteiger partial charge on any atom is 0.356 e. The molecular weight excluding hydrogens is 230 g/mol. The highest BCUT2D eigenvalue weighted by molar-refractivity contribution is 6.35. The summed E-state index contributed by atoms with van der Waals surface area (Å²) in [4.78, 5) is 21.0. The van der Waals surface area contributed by atoms with Gasteiger partial charge in [0.2, 0.25) is 0 Å². The van der Waals surface area contributed by atoms with Crippen molar-refractivity contribution in [1.29, 1.82) is 0 Å². The van der Waals surface area contributed by atoms with Crippen molar-refractivity contribution < 1.29 is 9.90 Å². The molecule has 0 aromatic carbocycles. The molecule has 1 aromatic heterocycles. The molecule has 5 nitrogen and oxygen atoms in total. The van der Waals surface area contributed by atoms with E-state index in [1.165, 1.54) is 0 Å². The van der Waals surface area contributed by atoms with E-state index in [1.807, 2.05) is 0 Å². The second-order valence-corrected chi connectivity index (χ2v) is 4.42. The second-order valence-electron chi connectivity index (χ2n) is 4.04. The van der Waals surface area contributed by atoms with Crippen LogP contribution in [0.15, 0.2) is 0 Å². The van der Waals surface area contributed by atoms with E-state index >= 15 is 0 Å². The maximum atomic E-state index is 11.0. The number of aromatic nitrogens is 2. The molecule has 0 unspecified atom stereocenters. The topological polar surface area (TPSA) is 66.3 Å². The third-order valence-corrected chi connectivity index (χ3v) is 2.77. The first-order chi connectivity index (χ1) is 7.50. The molecule has 1 aliphatic rings. The number of aromatic carboxylic acids is 1. The summed E-state index contributed by atoms with van der Waals surface area (Å²) in [5.74, 6) is 0.243. The van der Waals surface area contributed by atoms with E-state index < -0.39 is 5.97 Å². The lowest BCUT2D eigenvalue weighted by atomic mass is 10.3. The number of anilines is 1. The van der Waals surface area contributed by atoms with Crippen LogP contribution in [-0.4, -0.2) is 35.1 Å². The first kappa shape index (κ1) is 11.1. The Hall–Kier alpha value is -1.36. The summed E-state index contributed by atoms with van der Waals surface area (Å²) in [6.07, 6.45) is 2.04. The van der Waals surface area contributed by atoms with E-state index in [2.05, 4.69) is 9.97 Å². The number of nitrogens with zero attached hydrogens (tertiary/aromatic N) is 3. The summed E-state index contributed by atoms with van der Waals surface area (Å²) in [6.45, 7) is 0. The fraction of sp³-hybridized carbons (Fsp3) is 0.500. The van der Waals surface area contributed by atoms with Crippen molar-refractivity contribution in [2.45, 2.75) is 18.8 Å². The molecule has 1 N–H and O–H groups in total. The molecule has 1 heterocycles. The number of hydrogen-bond acceptors (Lipinski definition) is 4. The molecule has 0 radical (unpaired) electrons. The Labute approximate surface area is 98.1 Å². The van der Waals surface area contributed by atoms with E-state index in [0.717, 1.165) is 12.8 Å². The molecule has 0 atom stereocenters. The zero-order valence-electron chi connectivity index (χ0n) is 9.07. The van der Waals surface area contributed by atoms with Crippen molar-refractivity contribution in [2.24, 2.45) is 0 Å². The Morgan fingerprint density at radius 2 is 2.06 bits per heavy atom. The number of carbonyl (C=O) groups is 1. The van der Waals surface area contributed by atoms with Crippen LogP contribution in [0.2, 0.25) is 5.02 Å². The molecule has 0 saturated heterocycles. The summed E-state index contributed by atoms with van der Waals surface area (Å²) in [7, 11) is 3.55. The normalized spacial score (nSPS) is 14.9. The number of carboxylic acids is 1. The van der Waals surface area contributed by atoms with Gasteiger partial charge in [-0.15, -0.1) is 0 Å². The van der Waals surface area contributed by atoms with Gasteiger partial charge in [-0.1, -0.05) is 11.6 Å². The number of halogens is 1. The van der Waals surface area contributed by atoms with Crippen molar-refractivity contribution in [3.63, 3.8) is 0 Å². The molecular formula is C10H12ClN3O2. The van der Waals surface area contributed by atoms with E-state index in [9.17, 15) is 4.79 Å². The van der Waals surface area contributed by atoms with Crippen molar-refractivity contribution in [3.8, 4) is 0 Å². The number of carboxylic acid groups (broad SMARTS) is 1. The van der Waals surface area contributed by atoms with Gasteiger partial charge in [-0.2, -0.15) is 0 Å². The first-order valence-corrected chi connectivity index (χ1v) is 5.36. The third kappa shape index (κ3) is 1.95. The van der Waals surface area contributed by atoms with Gasteiger partial charge in [0, 0.05) is 20.0 Å². The van der Waals surface area contributed by atoms with Crippen molar-refractivity contribution in [3.05, 3.63) is 16.5 Å². The minimum Gasteiger partial charge on any atom is -0.476 e. The third-order valence-electron chi connectivity index (χ3n) is 2.42. The monoisotopic (exact) mass is 241 g/mol. The molecule has 6 heteroatoms. The predicted octanol–water partition coefficient (Wildman–Crippen LogP) is 1.77. The van der Waals surface area contributed by atoms with Crippen LogP contribution in [0, 0.1) is 0 Å². The van der Waals surface area contributed by atoms with Crippen molar-refractivity contribution in [2.75, 3.05) is 19.0 Å². The summed E-state index contributed by atoms with van der Waals surface area (Å²) in [6, 6.07) is 0. The summed E-state index contributed by atoms with van der Waals surface area (Å²) >= 11 is 5.95. The first-order valence-electron chi connectivity index (χ1n) is 4.98. The fourth-order valence-corrected chi connectivity index (χ4v) is 1.75. The molecule has 16 heavy (non-hydrogen) atoms. The van der Waals surface area contributed by atoms with Gasteiger partial charge in [0.05, 0.1) is 0 Å². The van der Waals surface area contributed by atoms with Crippen LogP contribution in [0.3, 0.4) is 0 Å². The van der Waals surface area contributed by atoms with Crippen LogP contribution >= 0.6 is 11.6 Å². The van der Waals surface area contributed by atoms with Gasteiger partial charge >= 0.3 is 5.97 Å². The number of rotatable bonds is 3. The van der Waals surface area contributed by atoms with Gasteiger partial charge in [-0.3, -0.25) is 0 Å². The van der Waals surface area contributed by atoms with E-state index in [4.69, 9.17) is 16.7 Å². The quantitative estimate of drug-likeness (QED) is 0.874. The molecule has 1 saturated carbocycles. The summed E-state index contributed by atoms with van der Waals surface area (Å²) in [5, 5.41) is 9.10. The molecule has 2 rings (SSSR count). The molecule has 1 fully saturated rings. The van der Waals surface area contributed by atoms with Gasteiger partial charge in [0.25, 0.3) is 0 Å². The van der Waals surface area contributed by atoms with E-state index in [0.29, 0.717) is 17.6 Å². The van der Waals surface area contributed by atoms with Crippen LogP contribution in [-0.2, 0) is 0 Å². The van der Waals surface area contributed by atoms with Gasteiger partial charge < -0.3 is 10.0 Å². The van der Waals surface area contributed by atoms with Gasteiger partial charge in [-0.25, -0.2) is 14.8 Å². The standard InChI is InChI=1S/C10H12ClN3O2/c1-14(2)9-6(11)7(10(15)16)12-8(13-9)5-3-4-5/h5H,3-4H2,1-2H3,(H,15,16). The maximum absolute atomic E-state index is 11.0. The molecule has 0 amide bonds. The van der Waals surface area contributed by atoms with Crippen LogP contribution in [0.25, 0.3) is 0 Å².